The number of hydrogen-bond acceptors (Lipinski definition) is 5. The Balaban J connectivity index is 1.82. The molecular weight excluding hydrogens is 393 g/mol. The van der Waals surface area contributed by atoms with Gasteiger partial charge in [0, 0.05) is 15.7 Å². The number of nitrogens with one attached hydrogen (secondary N) is 2. The highest BCUT2D eigenvalue weighted by Crippen LogP contribution is 2.27. The lowest BCUT2D eigenvalue weighted by Gasteiger charge is -2.09. The van der Waals surface area contributed by atoms with Crippen molar-refractivity contribution in [3.63, 3.8) is 0 Å². The number of benzene rings is 2. The van der Waals surface area contributed by atoms with Gasteiger partial charge in [0.15, 0.2) is 6.61 Å². The number of halogens is 2. The maximum atomic E-state index is 11.9. The van der Waals surface area contributed by atoms with Crippen molar-refractivity contribution >= 4 is 52.6 Å². The summed E-state index contributed by atoms with van der Waals surface area (Å²) in [5.41, 5.74) is 1.81. The zero-order valence-corrected chi connectivity index (χ0v) is 16.1. The summed E-state index contributed by atoms with van der Waals surface area (Å²) in [5, 5.41) is 9.70. The van der Waals surface area contributed by atoms with Crippen LogP contribution in [0.1, 0.15) is 5.56 Å². The Bertz CT molecular complexity index is 872. The minimum atomic E-state index is -0.565. The first-order valence-corrected chi connectivity index (χ1v) is 8.50. The minimum Gasteiger partial charge on any atom is -0.495 e. The highest BCUT2D eigenvalue weighted by atomic mass is 35.5. The van der Waals surface area contributed by atoms with Crippen molar-refractivity contribution in [3.05, 3.63) is 52.0 Å². The number of amides is 2. The number of oxime groups is 1. The summed E-state index contributed by atoms with van der Waals surface area (Å²) in [4.78, 5) is 28.5. The number of carbonyl (C=O) groups is 2. The van der Waals surface area contributed by atoms with Crippen LogP contribution in [0, 0.1) is 6.92 Å². The van der Waals surface area contributed by atoms with Gasteiger partial charge in [0.05, 0.1) is 12.8 Å². The molecule has 0 saturated heterocycles. The number of methoxy groups -OCH3 is 1. The number of anilines is 2. The molecule has 9 heteroatoms. The summed E-state index contributed by atoms with van der Waals surface area (Å²) in [6, 6.07) is 9.87. The minimum absolute atomic E-state index is 0.355. The van der Waals surface area contributed by atoms with Crippen LogP contribution in [-0.2, 0) is 14.4 Å². The van der Waals surface area contributed by atoms with Crippen molar-refractivity contribution in [3.8, 4) is 5.75 Å². The van der Waals surface area contributed by atoms with Crippen LogP contribution in [0.15, 0.2) is 41.6 Å². The lowest BCUT2D eigenvalue weighted by molar-refractivity contribution is -0.120. The van der Waals surface area contributed by atoms with Gasteiger partial charge in [0.2, 0.25) is 0 Å². The number of rotatable bonds is 7. The molecule has 0 atom stereocenters. The fourth-order valence-electron chi connectivity index (χ4n) is 2.08. The summed E-state index contributed by atoms with van der Waals surface area (Å²) >= 11 is 11.7. The normalized spacial score (nSPS) is 10.5. The van der Waals surface area contributed by atoms with Crippen LogP contribution in [0.2, 0.25) is 10.0 Å². The molecule has 2 aromatic rings. The second kappa shape index (κ2) is 9.80. The van der Waals surface area contributed by atoms with E-state index < -0.39 is 11.8 Å². The zero-order chi connectivity index (χ0) is 19.8. The molecule has 0 aliphatic heterocycles. The monoisotopic (exact) mass is 409 g/mol. The molecule has 0 heterocycles. The summed E-state index contributed by atoms with van der Waals surface area (Å²) in [6.45, 7) is 1.46. The van der Waals surface area contributed by atoms with E-state index in [-0.39, 0.29) is 6.61 Å². The van der Waals surface area contributed by atoms with Crippen molar-refractivity contribution in [2.75, 3.05) is 24.4 Å². The predicted octanol–water partition coefficient (Wildman–Crippen LogP) is 3.89. The van der Waals surface area contributed by atoms with Crippen LogP contribution < -0.4 is 15.4 Å². The van der Waals surface area contributed by atoms with Gasteiger partial charge in [-0.3, -0.25) is 9.59 Å². The van der Waals surface area contributed by atoms with E-state index in [2.05, 4.69) is 15.8 Å². The second-order valence-corrected chi connectivity index (χ2v) is 6.22. The van der Waals surface area contributed by atoms with E-state index in [4.69, 9.17) is 32.8 Å². The standard InChI is InChI=1S/C18H17Cl2N3O4/c1-11-7-12(19)3-5-14(11)22-18(25)10-27-21-9-17(24)23-15-8-13(20)4-6-16(15)26-2/h3-9H,10H2,1-2H3,(H,22,25)(H,23,24)/b21-9-. The fraction of sp³-hybridized carbons (Fsp3) is 0.167. The van der Waals surface area contributed by atoms with Crippen molar-refractivity contribution < 1.29 is 19.2 Å². The summed E-state index contributed by atoms with van der Waals surface area (Å²) in [5.74, 6) is -0.543. The molecule has 2 aromatic carbocycles. The molecule has 27 heavy (non-hydrogen) atoms. The summed E-state index contributed by atoms with van der Waals surface area (Å²) in [6.07, 6.45) is 0.904. The molecule has 0 aliphatic carbocycles. The number of ether oxygens (including phenoxy) is 1. The first-order chi connectivity index (χ1) is 12.9. The van der Waals surface area contributed by atoms with Gasteiger partial charge in [0.1, 0.15) is 12.0 Å². The Labute approximate surface area is 166 Å². The molecule has 0 aliphatic rings. The Kier molecular flexibility index (Phi) is 7.45. The molecule has 0 fully saturated rings. The highest BCUT2D eigenvalue weighted by Gasteiger charge is 2.08. The average molecular weight is 410 g/mol. The molecule has 2 rings (SSSR count). The van der Waals surface area contributed by atoms with Gasteiger partial charge in [-0.2, -0.15) is 0 Å². The Morgan fingerprint density at radius 1 is 1.07 bits per heavy atom. The maximum Gasteiger partial charge on any atom is 0.270 e. The van der Waals surface area contributed by atoms with Crippen molar-refractivity contribution in [2.45, 2.75) is 6.92 Å². The molecule has 0 radical (unpaired) electrons. The third-order valence-electron chi connectivity index (χ3n) is 3.32. The molecule has 0 saturated carbocycles. The third-order valence-corrected chi connectivity index (χ3v) is 3.79. The van der Waals surface area contributed by atoms with Crippen LogP contribution >= 0.6 is 23.2 Å². The van der Waals surface area contributed by atoms with Crippen LogP contribution in [0.3, 0.4) is 0 Å². The zero-order valence-electron chi connectivity index (χ0n) is 14.6. The van der Waals surface area contributed by atoms with Crippen molar-refractivity contribution in [2.24, 2.45) is 5.16 Å². The third kappa shape index (κ3) is 6.47. The van der Waals surface area contributed by atoms with Gasteiger partial charge in [-0.25, -0.2) is 0 Å². The molecular formula is C18H17Cl2N3O4. The lowest BCUT2D eigenvalue weighted by atomic mass is 10.2. The van der Waals surface area contributed by atoms with Gasteiger partial charge in [-0.1, -0.05) is 28.4 Å². The molecule has 7 nitrogen and oxygen atoms in total. The van der Waals surface area contributed by atoms with E-state index >= 15 is 0 Å². The predicted molar refractivity (Wildman–Crippen MR) is 106 cm³/mol. The van der Waals surface area contributed by atoms with Gasteiger partial charge < -0.3 is 20.2 Å². The SMILES string of the molecule is COc1ccc(Cl)cc1NC(=O)/C=N\OCC(=O)Nc1ccc(Cl)cc1C. The molecule has 142 valence electrons. The topological polar surface area (TPSA) is 89.0 Å². The Morgan fingerprint density at radius 2 is 1.78 bits per heavy atom. The molecule has 0 unspecified atom stereocenters. The maximum absolute atomic E-state index is 11.9. The van der Waals surface area contributed by atoms with Crippen LogP contribution in [0.25, 0.3) is 0 Å². The number of nitrogens with zero attached hydrogens (tertiary/aromatic N) is 1. The molecule has 0 spiro atoms. The van der Waals surface area contributed by atoms with E-state index in [0.717, 1.165) is 11.8 Å². The largest absolute Gasteiger partial charge is 0.495 e. The van der Waals surface area contributed by atoms with E-state index in [9.17, 15) is 9.59 Å². The van der Waals surface area contributed by atoms with Gasteiger partial charge in [-0.05, 0) is 48.9 Å². The summed E-state index contributed by atoms with van der Waals surface area (Å²) in [7, 11) is 1.47. The van der Waals surface area contributed by atoms with E-state index in [0.29, 0.717) is 27.2 Å². The van der Waals surface area contributed by atoms with Gasteiger partial charge >= 0.3 is 0 Å². The molecule has 0 aromatic heterocycles. The van der Waals surface area contributed by atoms with E-state index in [1.807, 2.05) is 6.92 Å². The number of hydrogen-bond donors (Lipinski definition) is 2. The molecule has 0 bridgehead atoms. The van der Waals surface area contributed by atoms with E-state index in [1.54, 1.807) is 30.3 Å². The number of carbonyl (C=O) groups excluding carboxylic acids is 2. The van der Waals surface area contributed by atoms with Crippen LogP contribution in [0.4, 0.5) is 11.4 Å². The van der Waals surface area contributed by atoms with Gasteiger partial charge in [-0.15, -0.1) is 0 Å². The molecule has 2 N–H and O–H groups in total. The lowest BCUT2D eigenvalue weighted by Crippen LogP contribution is -2.18. The highest BCUT2D eigenvalue weighted by molar-refractivity contribution is 6.33. The first-order valence-electron chi connectivity index (χ1n) is 7.75. The van der Waals surface area contributed by atoms with E-state index in [1.165, 1.54) is 13.2 Å². The Morgan fingerprint density at radius 3 is 2.48 bits per heavy atom. The average Bonchev–Trinajstić information content (AvgIpc) is 2.61. The quantitative estimate of drug-likeness (QED) is 0.536. The van der Waals surface area contributed by atoms with Crippen molar-refractivity contribution in [1.82, 2.24) is 0 Å². The summed E-state index contributed by atoms with van der Waals surface area (Å²) < 4.78 is 5.12. The Hall–Kier alpha value is -2.77. The van der Waals surface area contributed by atoms with Gasteiger partial charge in [0.25, 0.3) is 11.8 Å². The van der Waals surface area contributed by atoms with Crippen molar-refractivity contribution in [1.29, 1.82) is 0 Å². The first kappa shape index (κ1) is 20.5. The molecule has 2 amide bonds. The van der Waals surface area contributed by atoms with Crippen LogP contribution in [0.5, 0.6) is 5.75 Å². The number of aryl methyl sites for hydroxylation is 1. The smallest absolute Gasteiger partial charge is 0.270 e. The van der Waals surface area contributed by atoms with Crippen LogP contribution in [-0.4, -0.2) is 31.7 Å². The second-order valence-electron chi connectivity index (χ2n) is 5.35. The fourth-order valence-corrected chi connectivity index (χ4v) is 2.48.